The lowest BCUT2D eigenvalue weighted by Gasteiger charge is -2.26. The molecule has 2 amide bonds. The number of amides is 2. The van der Waals surface area contributed by atoms with Crippen LogP contribution < -0.4 is 10.1 Å². The maximum Gasteiger partial charge on any atom is 0.233 e. The van der Waals surface area contributed by atoms with E-state index in [1.165, 1.54) is 0 Å². The molecule has 0 spiro atoms. The predicted octanol–water partition coefficient (Wildman–Crippen LogP) is 3.46. The Morgan fingerprint density at radius 1 is 1.04 bits per heavy atom. The zero-order valence-corrected chi connectivity index (χ0v) is 14.9. The van der Waals surface area contributed by atoms with E-state index < -0.39 is 0 Å². The fraction of sp³-hybridized carbons (Fsp3) is 0.300. The van der Waals surface area contributed by atoms with Crippen LogP contribution in [0.4, 0.5) is 5.69 Å². The number of rotatable bonds is 7. The molecule has 0 radical (unpaired) electrons. The van der Waals surface area contributed by atoms with Crippen molar-refractivity contribution in [2.75, 3.05) is 12.4 Å². The lowest BCUT2D eigenvalue weighted by atomic mass is 10.1. The first-order valence-electron chi connectivity index (χ1n) is 8.27. The van der Waals surface area contributed by atoms with Crippen LogP contribution in [-0.2, 0) is 16.1 Å². The van der Waals surface area contributed by atoms with Gasteiger partial charge in [-0.2, -0.15) is 0 Å². The highest BCUT2D eigenvalue weighted by molar-refractivity contribution is 6.03. The van der Waals surface area contributed by atoms with Gasteiger partial charge < -0.3 is 15.0 Å². The van der Waals surface area contributed by atoms with Crippen molar-refractivity contribution in [3.05, 3.63) is 60.2 Å². The maximum absolute atomic E-state index is 12.5. The van der Waals surface area contributed by atoms with Crippen molar-refractivity contribution < 1.29 is 14.3 Å². The highest BCUT2D eigenvalue weighted by Crippen LogP contribution is 2.16. The normalized spacial score (nSPS) is 10.4. The van der Waals surface area contributed by atoms with E-state index in [0.29, 0.717) is 18.0 Å². The molecule has 2 aromatic carbocycles. The monoisotopic (exact) mass is 340 g/mol. The standard InChI is InChI=1S/C20H24N2O3/c1-15(2)22(14-16-7-5-4-6-8-16)20(24)13-19(23)21-17-9-11-18(25-3)12-10-17/h4-12,15H,13-14H2,1-3H3,(H,21,23). The second kappa shape index (κ2) is 8.87. The highest BCUT2D eigenvalue weighted by Gasteiger charge is 2.20. The summed E-state index contributed by atoms with van der Waals surface area (Å²) in [4.78, 5) is 26.4. The second-order valence-electron chi connectivity index (χ2n) is 6.05. The maximum atomic E-state index is 12.5. The van der Waals surface area contributed by atoms with Gasteiger partial charge in [-0.15, -0.1) is 0 Å². The molecule has 5 heteroatoms. The van der Waals surface area contributed by atoms with Gasteiger partial charge in [0.1, 0.15) is 12.2 Å². The van der Waals surface area contributed by atoms with Crippen molar-refractivity contribution in [3.8, 4) is 5.75 Å². The minimum atomic E-state index is -0.325. The smallest absolute Gasteiger partial charge is 0.233 e. The van der Waals surface area contributed by atoms with Gasteiger partial charge in [0, 0.05) is 18.3 Å². The van der Waals surface area contributed by atoms with Gasteiger partial charge in [-0.05, 0) is 43.7 Å². The van der Waals surface area contributed by atoms with Crippen LogP contribution in [0, 0.1) is 0 Å². The summed E-state index contributed by atoms with van der Waals surface area (Å²) in [6.45, 7) is 4.39. The zero-order chi connectivity index (χ0) is 18.2. The van der Waals surface area contributed by atoms with E-state index in [4.69, 9.17) is 4.74 Å². The molecule has 0 aliphatic rings. The Morgan fingerprint density at radius 2 is 1.68 bits per heavy atom. The molecule has 2 rings (SSSR count). The SMILES string of the molecule is COc1ccc(NC(=O)CC(=O)N(Cc2ccccc2)C(C)C)cc1. The number of hydrogen-bond acceptors (Lipinski definition) is 3. The van der Waals surface area contributed by atoms with E-state index in [2.05, 4.69) is 5.32 Å². The molecule has 0 bridgehead atoms. The summed E-state index contributed by atoms with van der Waals surface area (Å²) in [5, 5.41) is 2.74. The number of ether oxygens (including phenoxy) is 1. The van der Waals surface area contributed by atoms with E-state index in [9.17, 15) is 9.59 Å². The van der Waals surface area contributed by atoms with Crippen LogP contribution in [0.3, 0.4) is 0 Å². The largest absolute Gasteiger partial charge is 0.497 e. The lowest BCUT2D eigenvalue weighted by molar-refractivity contribution is -0.136. The number of carbonyl (C=O) groups excluding carboxylic acids is 2. The highest BCUT2D eigenvalue weighted by atomic mass is 16.5. The van der Waals surface area contributed by atoms with Gasteiger partial charge in [0.2, 0.25) is 11.8 Å². The molecule has 0 unspecified atom stereocenters. The summed E-state index contributed by atoms with van der Waals surface area (Å²) >= 11 is 0. The van der Waals surface area contributed by atoms with Crippen LogP contribution in [0.15, 0.2) is 54.6 Å². The minimum absolute atomic E-state index is 0.0153. The molecular weight excluding hydrogens is 316 g/mol. The number of nitrogens with one attached hydrogen (secondary N) is 1. The summed E-state index contributed by atoms with van der Waals surface area (Å²) in [6.07, 6.45) is -0.183. The Hall–Kier alpha value is -2.82. The zero-order valence-electron chi connectivity index (χ0n) is 14.9. The van der Waals surface area contributed by atoms with Gasteiger partial charge in [-0.25, -0.2) is 0 Å². The molecule has 0 aliphatic carbocycles. The van der Waals surface area contributed by atoms with Crippen molar-refractivity contribution >= 4 is 17.5 Å². The summed E-state index contributed by atoms with van der Waals surface area (Å²) < 4.78 is 5.08. The molecule has 25 heavy (non-hydrogen) atoms. The summed E-state index contributed by atoms with van der Waals surface area (Å²) in [5.74, 6) is 0.196. The quantitative estimate of drug-likeness (QED) is 0.785. The van der Waals surface area contributed by atoms with Crippen LogP contribution in [-0.4, -0.2) is 29.9 Å². The van der Waals surface area contributed by atoms with Gasteiger partial charge in [-0.3, -0.25) is 9.59 Å². The number of hydrogen-bond donors (Lipinski definition) is 1. The molecule has 2 aromatic rings. The van der Waals surface area contributed by atoms with E-state index in [1.54, 1.807) is 36.3 Å². The van der Waals surface area contributed by atoms with E-state index in [-0.39, 0.29) is 24.3 Å². The summed E-state index contributed by atoms with van der Waals surface area (Å²) in [7, 11) is 1.58. The van der Waals surface area contributed by atoms with Crippen LogP contribution in [0.25, 0.3) is 0 Å². The molecule has 5 nitrogen and oxygen atoms in total. The van der Waals surface area contributed by atoms with Crippen molar-refractivity contribution in [2.24, 2.45) is 0 Å². The number of nitrogens with zero attached hydrogens (tertiary/aromatic N) is 1. The molecule has 0 saturated carbocycles. The van der Waals surface area contributed by atoms with Gasteiger partial charge >= 0.3 is 0 Å². The number of methoxy groups -OCH3 is 1. The van der Waals surface area contributed by atoms with Crippen LogP contribution in [0.2, 0.25) is 0 Å². The topological polar surface area (TPSA) is 58.6 Å². The number of anilines is 1. The first-order chi connectivity index (χ1) is 12.0. The van der Waals surface area contributed by atoms with Crippen LogP contribution in [0.1, 0.15) is 25.8 Å². The van der Waals surface area contributed by atoms with E-state index in [0.717, 1.165) is 5.56 Å². The third kappa shape index (κ3) is 5.64. The third-order valence-corrected chi connectivity index (χ3v) is 3.82. The van der Waals surface area contributed by atoms with Crippen LogP contribution >= 0.6 is 0 Å². The molecule has 0 heterocycles. The van der Waals surface area contributed by atoms with Gasteiger partial charge in [0.05, 0.1) is 7.11 Å². The predicted molar refractivity (Wildman–Crippen MR) is 98.4 cm³/mol. The number of carbonyl (C=O) groups is 2. The first kappa shape index (κ1) is 18.5. The Bertz CT molecular complexity index is 697. The Balaban J connectivity index is 1.95. The molecule has 0 saturated heterocycles. The molecule has 0 atom stereocenters. The average molecular weight is 340 g/mol. The Kier molecular flexibility index (Phi) is 6.57. The van der Waals surface area contributed by atoms with Crippen molar-refractivity contribution in [1.82, 2.24) is 4.90 Å². The summed E-state index contributed by atoms with van der Waals surface area (Å²) in [5.41, 5.74) is 1.68. The molecule has 0 aliphatic heterocycles. The minimum Gasteiger partial charge on any atom is -0.497 e. The Labute approximate surface area is 148 Å². The fourth-order valence-corrected chi connectivity index (χ4v) is 2.46. The average Bonchev–Trinajstić information content (AvgIpc) is 2.60. The molecule has 132 valence electrons. The van der Waals surface area contributed by atoms with Gasteiger partial charge in [0.25, 0.3) is 0 Å². The summed E-state index contributed by atoms with van der Waals surface area (Å²) in [6, 6.07) is 16.8. The molecule has 1 N–H and O–H groups in total. The van der Waals surface area contributed by atoms with Gasteiger partial charge in [0.15, 0.2) is 0 Å². The first-order valence-corrected chi connectivity index (χ1v) is 8.27. The van der Waals surface area contributed by atoms with E-state index >= 15 is 0 Å². The van der Waals surface area contributed by atoms with Gasteiger partial charge in [-0.1, -0.05) is 30.3 Å². The van der Waals surface area contributed by atoms with Crippen molar-refractivity contribution in [1.29, 1.82) is 0 Å². The lowest BCUT2D eigenvalue weighted by Crippen LogP contribution is -2.38. The van der Waals surface area contributed by atoms with Crippen molar-refractivity contribution in [3.63, 3.8) is 0 Å². The molecule has 0 aromatic heterocycles. The fourth-order valence-electron chi connectivity index (χ4n) is 2.46. The number of benzene rings is 2. The molecule has 0 fully saturated rings. The third-order valence-electron chi connectivity index (χ3n) is 3.82. The van der Waals surface area contributed by atoms with E-state index in [1.807, 2.05) is 44.2 Å². The Morgan fingerprint density at radius 3 is 2.24 bits per heavy atom. The second-order valence-corrected chi connectivity index (χ2v) is 6.05. The van der Waals surface area contributed by atoms with Crippen LogP contribution in [0.5, 0.6) is 5.75 Å². The van der Waals surface area contributed by atoms with Crippen molar-refractivity contribution in [2.45, 2.75) is 32.9 Å². The molecular formula is C20H24N2O3.